The molecule has 0 aromatic heterocycles. The number of benzene rings is 3. The van der Waals surface area contributed by atoms with Crippen LogP contribution in [-0.2, 0) is 19.6 Å². The molecule has 0 spiro atoms. The molecule has 0 aliphatic rings. The molecule has 0 atom stereocenters. The van der Waals surface area contributed by atoms with Crippen molar-refractivity contribution >= 4 is 51.5 Å². The Morgan fingerprint density at radius 1 is 0.935 bits per heavy atom. The van der Waals surface area contributed by atoms with Crippen LogP contribution < -0.4 is 14.8 Å². The summed E-state index contributed by atoms with van der Waals surface area (Å²) in [5.74, 6) is 1.37. The molecule has 3 aromatic carbocycles. The zero-order valence-corrected chi connectivity index (χ0v) is 21.1. The maximum Gasteiger partial charge on any atom is 0.175 e. The molecule has 166 valence electrons. The van der Waals surface area contributed by atoms with Gasteiger partial charge in [0.1, 0.15) is 6.61 Å². The van der Waals surface area contributed by atoms with Gasteiger partial charge in [-0.25, -0.2) is 0 Å². The minimum absolute atomic E-state index is 0. The predicted molar refractivity (Wildman–Crippen MR) is 135 cm³/mol. The molecule has 0 saturated heterocycles. The van der Waals surface area contributed by atoms with E-state index in [9.17, 15) is 0 Å². The molecular weight excluding hydrogens is 521 g/mol. The Kier molecular flexibility index (Phi) is 11.0. The number of ether oxygens (including phenoxy) is 2. The van der Waals surface area contributed by atoms with Gasteiger partial charge in [-0.15, -0.1) is 12.4 Å². The first-order valence-electron chi connectivity index (χ1n) is 9.83. The van der Waals surface area contributed by atoms with Gasteiger partial charge in [-0.05, 0) is 71.2 Å². The molecular formula is C24H25BrCl3NO2. The van der Waals surface area contributed by atoms with Crippen LogP contribution in [0.5, 0.6) is 11.5 Å². The molecule has 3 aromatic rings. The van der Waals surface area contributed by atoms with Crippen LogP contribution in [0.1, 0.15) is 23.6 Å². The van der Waals surface area contributed by atoms with E-state index in [4.69, 9.17) is 32.7 Å². The van der Waals surface area contributed by atoms with Crippen LogP contribution in [0.3, 0.4) is 0 Å². The highest BCUT2D eigenvalue weighted by atomic mass is 79.9. The van der Waals surface area contributed by atoms with E-state index in [1.807, 2.05) is 25.1 Å². The molecule has 0 aliphatic heterocycles. The molecule has 3 rings (SSSR count). The third-order valence-corrected chi connectivity index (χ3v) is 5.69. The predicted octanol–water partition coefficient (Wildman–Crippen LogP) is 7.49. The number of hydrogen-bond donors (Lipinski definition) is 1. The molecule has 1 N–H and O–H groups in total. The van der Waals surface area contributed by atoms with Crippen LogP contribution in [0, 0.1) is 0 Å². The minimum Gasteiger partial charge on any atom is -0.490 e. The zero-order valence-electron chi connectivity index (χ0n) is 17.2. The monoisotopic (exact) mass is 543 g/mol. The van der Waals surface area contributed by atoms with Gasteiger partial charge in [-0.2, -0.15) is 0 Å². The van der Waals surface area contributed by atoms with Gasteiger partial charge in [0.25, 0.3) is 0 Å². The summed E-state index contributed by atoms with van der Waals surface area (Å²) in [6, 6.07) is 19.9. The highest BCUT2D eigenvalue weighted by molar-refractivity contribution is 9.10. The van der Waals surface area contributed by atoms with Crippen molar-refractivity contribution in [2.24, 2.45) is 0 Å². The Bertz CT molecular complexity index is 971. The third kappa shape index (κ3) is 7.89. The lowest BCUT2D eigenvalue weighted by atomic mass is 10.1. The Labute approximate surface area is 208 Å². The molecule has 31 heavy (non-hydrogen) atoms. The summed E-state index contributed by atoms with van der Waals surface area (Å²) in [6.45, 7) is 4.48. The molecule has 0 aliphatic carbocycles. The highest BCUT2D eigenvalue weighted by Crippen LogP contribution is 2.38. The summed E-state index contributed by atoms with van der Waals surface area (Å²) in [5.41, 5.74) is 3.31. The van der Waals surface area contributed by atoms with Crippen LogP contribution in [0.15, 0.2) is 65.1 Å². The van der Waals surface area contributed by atoms with Crippen molar-refractivity contribution in [1.82, 2.24) is 5.32 Å². The second-order valence-corrected chi connectivity index (χ2v) is 8.47. The second-order valence-electron chi connectivity index (χ2n) is 6.77. The maximum atomic E-state index is 6.26. The quantitative estimate of drug-likeness (QED) is 0.268. The van der Waals surface area contributed by atoms with E-state index < -0.39 is 0 Å². The topological polar surface area (TPSA) is 30.5 Å². The van der Waals surface area contributed by atoms with Crippen molar-refractivity contribution in [3.8, 4) is 11.5 Å². The molecule has 0 radical (unpaired) electrons. The van der Waals surface area contributed by atoms with E-state index in [-0.39, 0.29) is 12.4 Å². The summed E-state index contributed by atoms with van der Waals surface area (Å²) >= 11 is 15.9. The van der Waals surface area contributed by atoms with Crippen LogP contribution >= 0.6 is 51.5 Å². The normalized spacial score (nSPS) is 10.5. The lowest BCUT2D eigenvalue weighted by Gasteiger charge is -2.16. The summed E-state index contributed by atoms with van der Waals surface area (Å²) in [7, 11) is 0. The molecule has 0 heterocycles. The van der Waals surface area contributed by atoms with E-state index in [1.54, 1.807) is 12.1 Å². The van der Waals surface area contributed by atoms with Gasteiger partial charge in [0, 0.05) is 22.2 Å². The highest BCUT2D eigenvalue weighted by Gasteiger charge is 2.13. The molecule has 0 fully saturated rings. The zero-order chi connectivity index (χ0) is 21.3. The number of halogens is 4. The van der Waals surface area contributed by atoms with Gasteiger partial charge in [0.05, 0.1) is 11.1 Å². The maximum absolute atomic E-state index is 6.26. The second kappa shape index (κ2) is 13.2. The van der Waals surface area contributed by atoms with E-state index >= 15 is 0 Å². The first-order valence-corrected chi connectivity index (χ1v) is 11.4. The molecule has 0 saturated carbocycles. The van der Waals surface area contributed by atoms with Crippen molar-refractivity contribution < 1.29 is 9.47 Å². The van der Waals surface area contributed by atoms with Crippen LogP contribution in [0.2, 0.25) is 10.0 Å². The Balaban J connectivity index is 0.00000341. The summed E-state index contributed by atoms with van der Waals surface area (Å²) < 4.78 is 12.7. The lowest BCUT2D eigenvalue weighted by molar-refractivity contribution is 0.267. The van der Waals surface area contributed by atoms with Crippen LogP contribution in [0.25, 0.3) is 0 Å². The van der Waals surface area contributed by atoms with E-state index in [2.05, 4.69) is 51.6 Å². The minimum atomic E-state index is 0. The van der Waals surface area contributed by atoms with Crippen molar-refractivity contribution in [2.45, 2.75) is 26.5 Å². The van der Waals surface area contributed by atoms with Gasteiger partial charge < -0.3 is 14.8 Å². The van der Waals surface area contributed by atoms with Gasteiger partial charge in [-0.3, -0.25) is 0 Å². The number of hydrogen-bond acceptors (Lipinski definition) is 3. The average Bonchev–Trinajstić information content (AvgIpc) is 2.73. The lowest BCUT2D eigenvalue weighted by Crippen LogP contribution is -2.16. The van der Waals surface area contributed by atoms with Gasteiger partial charge >= 0.3 is 0 Å². The number of rotatable bonds is 10. The fourth-order valence-corrected chi connectivity index (χ4v) is 4.09. The first kappa shape index (κ1) is 25.8. The van der Waals surface area contributed by atoms with Gasteiger partial charge in [0.15, 0.2) is 11.5 Å². The Morgan fingerprint density at radius 3 is 2.42 bits per heavy atom. The van der Waals surface area contributed by atoms with E-state index in [1.165, 1.54) is 5.56 Å². The molecule has 0 unspecified atom stereocenters. The van der Waals surface area contributed by atoms with Crippen molar-refractivity contribution in [3.63, 3.8) is 0 Å². The first-order chi connectivity index (χ1) is 14.6. The molecule has 3 nitrogen and oxygen atoms in total. The van der Waals surface area contributed by atoms with Crippen molar-refractivity contribution in [1.29, 1.82) is 0 Å². The smallest absolute Gasteiger partial charge is 0.175 e. The largest absolute Gasteiger partial charge is 0.490 e. The van der Waals surface area contributed by atoms with Crippen LogP contribution in [0.4, 0.5) is 0 Å². The standard InChI is InChI=1S/C24H24BrCl2NO2.ClH/c1-2-29-23-13-18(15-28-11-10-17-6-4-3-5-7-17)12-21(25)24(23)30-16-19-8-9-20(26)14-22(19)27;/h3-9,12-14,28H,2,10-11,15-16H2,1H3;1H. The van der Waals surface area contributed by atoms with E-state index in [0.29, 0.717) is 34.8 Å². The molecule has 0 amide bonds. The summed E-state index contributed by atoms with van der Waals surface area (Å²) in [4.78, 5) is 0. The summed E-state index contributed by atoms with van der Waals surface area (Å²) in [6.07, 6.45) is 0.989. The van der Waals surface area contributed by atoms with Crippen LogP contribution in [-0.4, -0.2) is 13.2 Å². The Morgan fingerprint density at radius 2 is 1.71 bits per heavy atom. The van der Waals surface area contributed by atoms with E-state index in [0.717, 1.165) is 35.1 Å². The third-order valence-electron chi connectivity index (χ3n) is 4.52. The van der Waals surface area contributed by atoms with Gasteiger partial charge in [-0.1, -0.05) is 59.6 Å². The molecule has 7 heteroatoms. The van der Waals surface area contributed by atoms with Crippen molar-refractivity contribution in [3.05, 3.63) is 91.9 Å². The fraction of sp³-hybridized carbons (Fsp3) is 0.250. The van der Waals surface area contributed by atoms with Crippen molar-refractivity contribution in [2.75, 3.05) is 13.2 Å². The number of nitrogens with one attached hydrogen (secondary N) is 1. The molecule has 0 bridgehead atoms. The summed E-state index contributed by atoms with van der Waals surface area (Å²) in [5, 5.41) is 4.67. The Hall–Kier alpha value is -1.43. The average molecular weight is 546 g/mol. The fourth-order valence-electron chi connectivity index (χ4n) is 3.03. The SMILES string of the molecule is CCOc1cc(CNCCc2ccccc2)cc(Br)c1OCc1ccc(Cl)cc1Cl.Cl. The van der Waals surface area contributed by atoms with Gasteiger partial charge in [0.2, 0.25) is 0 Å².